The molecule has 2 fully saturated rings. The summed E-state index contributed by atoms with van der Waals surface area (Å²) in [5.74, 6) is 0.830. The van der Waals surface area contributed by atoms with Crippen molar-refractivity contribution in [2.45, 2.75) is 51.6 Å². The lowest BCUT2D eigenvalue weighted by molar-refractivity contribution is 0.142. The highest BCUT2D eigenvalue weighted by Gasteiger charge is 2.49. The van der Waals surface area contributed by atoms with Crippen molar-refractivity contribution in [2.75, 3.05) is 19.6 Å². The average Bonchev–Trinajstić information content (AvgIpc) is 2.88. The maximum absolute atomic E-state index is 3.57. The van der Waals surface area contributed by atoms with Crippen LogP contribution in [0.1, 0.15) is 40.0 Å². The molecule has 2 heteroatoms. The van der Waals surface area contributed by atoms with Gasteiger partial charge in [0.05, 0.1) is 0 Å². The van der Waals surface area contributed by atoms with E-state index in [1.54, 1.807) is 0 Å². The fraction of sp³-hybridized carbons (Fsp3) is 1.00. The zero-order chi connectivity index (χ0) is 10.2. The van der Waals surface area contributed by atoms with Gasteiger partial charge in [-0.2, -0.15) is 0 Å². The number of rotatable bonds is 2. The molecule has 1 heterocycles. The molecule has 2 aliphatic rings. The standard InChI is InChI=1S/C12H24N2/c1-10(2)12(5-6-12)14-8-4-11(3)13-7-9-14/h10-11,13H,4-9H2,1-3H3. The van der Waals surface area contributed by atoms with E-state index in [1.165, 1.54) is 38.9 Å². The third kappa shape index (κ3) is 1.82. The molecule has 0 bridgehead atoms. The van der Waals surface area contributed by atoms with E-state index in [4.69, 9.17) is 0 Å². The Labute approximate surface area is 88.1 Å². The summed E-state index contributed by atoms with van der Waals surface area (Å²) in [6, 6.07) is 0.711. The van der Waals surface area contributed by atoms with E-state index in [0.717, 1.165) is 5.92 Å². The first kappa shape index (κ1) is 10.4. The molecule has 1 aliphatic carbocycles. The van der Waals surface area contributed by atoms with Gasteiger partial charge in [-0.05, 0) is 32.1 Å². The van der Waals surface area contributed by atoms with Crippen LogP contribution < -0.4 is 5.32 Å². The predicted molar refractivity (Wildman–Crippen MR) is 60.5 cm³/mol. The summed E-state index contributed by atoms with van der Waals surface area (Å²) in [6.45, 7) is 10.8. The van der Waals surface area contributed by atoms with Crippen molar-refractivity contribution in [1.82, 2.24) is 10.2 Å². The topological polar surface area (TPSA) is 15.3 Å². The number of hydrogen-bond acceptors (Lipinski definition) is 2. The van der Waals surface area contributed by atoms with E-state index in [2.05, 4.69) is 31.0 Å². The van der Waals surface area contributed by atoms with Gasteiger partial charge in [-0.3, -0.25) is 4.90 Å². The minimum atomic E-state index is 0.589. The molecule has 1 N–H and O–H groups in total. The Kier molecular flexibility index (Phi) is 2.85. The normalized spacial score (nSPS) is 33.0. The smallest absolute Gasteiger partial charge is 0.0234 e. The molecule has 0 spiro atoms. The van der Waals surface area contributed by atoms with Crippen molar-refractivity contribution in [2.24, 2.45) is 5.92 Å². The molecule has 2 rings (SSSR count). The molecular formula is C12H24N2. The van der Waals surface area contributed by atoms with Crippen LogP contribution in [0, 0.1) is 5.92 Å². The molecule has 0 amide bonds. The average molecular weight is 196 g/mol. The highest BCUT2D eigenvalue weighted by molar-refractivity contribution is 5.06. The van der Waals surface area contributed by atoms with Crippen LogP contribution >= 0.6 is 0 Å². The van der Waals surface area contributed by atoms with Crippen molar-refractivity contribution in [3.05, 3.63) is 0 Å². The van der Waals surface area contributed by atoms with Crippen LogP contribution in [0.4, 0.5) is 0 Å². The summed E-state index contributed by atoms with van der Waals surface area (Å²) < 4.78 is 0. The Bertz CT molecular complexity index is 196. The van der Waals surface area contributed by atoms with Crippen LogP contribution in [-0.2, 0) is 0 Å². The largest absolute Gasteiger partial charge is 0.313 e. The fourth-order valence-electron chi connectivity index (χ4n) is 2.84. The van der Waals surface area contributed by atoms with E-state index < -0.39 is 0 Å². The van der Waals surface area contributed by atoms with Gasteiger partial charge in [0.25, 0.3) is 0 Å². The van der Waals surface area contributed by atoms with Gasteiger partial charge in [0.1, 0.15) is 0 Å². The van der Waals surface area contributed by atoms with Gasteiger partial charge in [-0.15, -0.1) is 0 Å². The fourth-order valence-corrected chi connectivity index (χ4v) is 2.84. The summed E-state index contributed by atoms with van der Waals surface area (Å²) in [5.41, 5.74) is 0.589. The molecule has 0 aromatic rings. The maximum atomic E-state index is 3.57. The van der Waals surface area contributed by atoms with Gasteiger partial charge >= 0.3 is 0 Å². The van der Waals surface area contributed by atoms with Crippen LogP contribution in [0.2, 0.25) is 0 Å². The van der Waals surface area contributed by atoms with Gasteiger partial charge in [-0.1, -0.05) is 13.8 Å². The van der Waals surface area contributed by atoms with Crippen molar-refractivity contribution in [3.8, 4) is 0 Å². The Morgan fingerprint density at radius 1 is 1.29 bits per heavy atom. The molecule has 0 aromatic heterocycles. The van der Waals surface area contributed by atoms with Crippen molar-refractivity contribution in [3.63, 3.8) is 0 Å². The van der Waals surface area contributed by atoms with Crippen molar-refractivity contribution in [1.29, 1.82) is 0 Å². The molecule has 2 nitrogen and oxygen atoms in total. The van der Waals surface area contributed by atoms with Gasteiger partial charge in [0, 0.05) is 31.2 Å². The number of hydrogen-bond donors (Lipinski definition) is 1. The zero-order valence-corrected chi connectivity index (χ0v) is 9.84. The third-order valence-corrected chi connectivity index (χ3v) is 4.17. The molecule has 14 heavy (non-hydrogen) atoms. The van der Waals surface area contributed by atoms with E-state index >= 15 is 0 Å². The Morgan fingerprint density at radius 3 is 2.57 bits per heavy atom. The first-order valence-electron chi connectivity index (χ1n) is 6.13. The molecule has 1 atom stereocenters. The molecule has 1 aliphatic heterocycles. The van der Waals surface area contributed by atoms with Crippen LogP contribution in [0.5, 0.6) is 0 Å². The first-order chi connectivity index (χ1) is 6.65. The molecule has 82 valence electrons. The lowest BCUT2D eigenvalue weighted by Crippen LogP contribution is -2.43. The Morgan fingerprint density at radius 2 is 2.00 bits per heavy atom. The van der Waals surface area contributed by atoms with E-state index in [1.807, 2.05) is 0 Å². The molecule has 1 unspecified atom stereocenters. The Balaban J connectivity index is 1.97. The summed E-state index contributed by atoms with van der Waals surface area (Å²) in [6.07, 6.45) is 4.17. The van der Waals surface area contributed by atoms with Crippen molar-refractivity contribution < 1.29 is 0 Å². The highest BCUT2D eigenvalue weighted by Crippen LogP contribution is 2.47. The summed E-state index contributed by atoms with van der Waals surface area (Å²) in [7, 11) is 0. The molecular weight excluding hydrogens is 172 g/mol. The highest BCUT2D eigenvalue weighted by atomic mass is 15.3. The predicted octanol–water partition coefficient (Wildman–Crippen LogP) is 1.86. The van der Waals surface area contributed by atoms with Gasteiger partial charge in [-0.25, -0.2) is 0 Å². The van der Waals surface area contributed by atoms with Crippen LogP contribution in [-0.4, -0.2) is 36.1 Å². The maximum Gasteiger partial charge on any atom is 0.0234 e. The second kappa shape index (κ2) is 3.82. The van der Waals surface area contributed by atoms with Crippen LogP contribution in [0.3, 0.4) is 0 Å². The van der Waals surface area contributed by atoms with Crippen LogP contribution in [0.25, 0.3) is 0 Å². The second-order valence-corrected chi connectivity index (χ2v) is 5.39. The van der Waals surface area contributed by atoms with E-state index in [-0.39, 0.29) is 0 Å². The minimum Gasteiger partial charge on any atom is -0.313 e. The lowest BCUT2D eigenvalue weighted by atomic mass is 9.99. The van der Waals surface area contributed by atoms with Crippen LogP contribution in [0.15, 0.2) is 0 Å². The molecule has 0 aromatic carbocycles. The lowest BCUT2D eigenvalue weighted by Gasteiger charge is -2.33. The monoisotopic (exact) mass is 196 g/mol. The Hall–Kier alpha value is -0.0800. The first-order valence-corrected chi connectivity index (χ1v) is 6.13. The summed E-state index contributed by atoms with van der Waals surface area (Å²) >= 11 is 0. The van der Waals surface area contributed by atoms with E-state index in [0.29, 0.717) is 11.6 Å². The number of nitrogens with zero attached hydrogens (tertiary/aromatic N) is 1. The third-order valence-electron chi connectivity index (χ3n) is 4.17. The van der Waals surface area contributed by atoms with Gasteiger partial charge in [0.2, 0.25) is 0 Å². The van der Waals surface area contributed by atoms with Gasteiger partial charge < -0.3 is 5.32 Å². The summed E-state index contributed by atoms with van der Waals surface area (Å²) in [4.78, 5) is 2.74. The van der Waals surface area contributed by atoms with Gasteiger partial charge in [0.15, 0.2) is 0 Å². The summed E-state index contributed by atoms with van der Waals surface area (Å²) in [5, 5.41) is 3.57. The second-order valence-electron chi connectivity index (χ2n) is 5.39. The molecule has 1 saturated carbocycles. The molecule has 1 saturated heterocycles. The molecule has 0 radical (unpaired) electrons. The quantitative estimate of drug-likeness (QED) is 0.725. The minimum absolute atomic E-state index is 0.589. The van der Waals surface area contributed by atoms with Crippen molar-refractivity contribution >= 4 is 0 Å². The van der Waals surface area contributed by atoms with E-state index in [9.17, 15) is 0 Å². The zero-order valence-electron chi connectivity index (χ0n) is 9.84. The SMILES string of the molecule is CC1CCN(C2(C(C)C)CC2)CCN1. The number of nitrogens with one attached hydrogen (secondary N) is 1.